The van der Waals surface area contributed by atoms with Crippen molar-refractivity contribution in [1.29, 1.82) is 0 Å². The fraction of sp³-hybridized carbons (Fsp3) is 0.588. The van der Waals surface area contributed by atoms with E-state index in [1.807, 2.05) is 17.0 Å². The van der Waals surface area contributed by atoms with Crippen LogP contribution in [0.2, 0.25) is 0 Å². The summed E-state index contributed by atoms with van der Waals surface area (Å²) in [6, 6.07) is 7.33. The Morgan fingerprint density at radius 1 is 1.36 bits per heavy atom. The number of benzene rings is 1. The molecule has 1 aromatic carbocycles. The molecule has 2 heterocycles. The van der Waals surface area contributed by atoms with Crippen LogP contribution < -0.4 is 5.32 Å². The van der Waals surface area contributed by atoms with Crippen molar-refractivity contribution in [2.75, 3.05) is 13.1 Å². The number of rotatable bonds is 3. The molecule has 1 amide bonds. The molecule has 2 aliphatic rings. The molecule has 3 unspecified atom stereocenters. The third kappa shape index (κ3) is 3.79. The zero-order chi connectivity index (χ0) is 14.8. The van der Waals surface area contributed by atoms with Crippen molar-refractivity contribution in [2.45, 2.75) is 50.6 Å². The summed E-state index contributed by atoms with van der Waals surface area (Å²) in [4.78, 5) is 14.5. The standard InChI is InChI=1S/C17H23FN2O.ClH/c1-12-9-14(13-4-6-15(18)7-5-13)11-20(12)17(21)10-16-3-2-8-19-16;/h4-7,12,14,16,19H,2-3,8-11H2,1H3;1H. The maximum atomic E-state index is 13.0. The molecule has 0 aromatic heterocycles. The van der Waals surface area contributed by atoms with Gasteiger partial charge in [0.05, 0.1) is 0 Å². The lowest BCUT2D eigenvalue weighted by atomic mass is 9.97. The second kappa shape index (κ2) is 7.42. The molecule has 5 heteroatoms. The molecule has 0 saturated carbocycles. The first-order valence-electron chi connectivity index (χ1n) is 7.92. The largest absolute Gasteiger partial charge is 0.339 e. The number of amides is 1. The summed E-state index contributed by atoms with van der Waals surface area (Å²) in [6.07, 6.45) is 3.86. The van der Waals surface area contributed by atoms with Gasteiger partial charge in [-0.25, -0.2) is 4.39 Å². The van der Waals surface area contributed by atoms with Gasteiger partial charge in [-0.2, -0.15) is 0 Å². The van der Waals surface area contributed by atoms with E-state index in [4.69, 9.17) is 0 Å². The first-order chi connectivity index (χ1) is 10.1. The highest BCUT2D eigenvalue weighted by atomic mass is 35.5. The van der Waals surface area contributed by atoms with Gasteiger partial charge in [-0.1, -0.05) is 12.1 Å². The van der Waals surface area contributed by atoms with Gasteiger partial charge in [0, 0.05) is 31.0 Å². The van der Waals surface area contributed by atoms with Gasteiger partial charge < -0.3 is 10.2 Å². The summed E-state index contributed by atoms with van der Waals surface area (Å²) < 4.78 is 13.0. The van der Waals surface area contributed by atoms with Gasteiger partial charge in [-0.15, -0.1) is 12.4 Å². The summed E-state index contributed by atoms with van der Waals surface area (Å²) in [5, 5.41) is 3.39. The third-order valence-corrected chi connectivity index (χ3v) is 4.82. The second-order valence-electron chi connectivity index (χ2n) is 6.38. The highest BCUT2D eigenvalue weighted by Gasteiger charge is 2.34. The van der Waals surface area contributed by atoms with Gasteiger partial charge in [0.2, 0.25) is 5.91 Å². The van der Waals surface area contributed by atoms with Crippen LogP contribution in [0.3, 0.4) is 0 Å². The van der Waals surface area contributed by atoms with E-state index >= 15 is 0 Å². The minimum Gasteiger partial charge on any atom is -0.339 e. The lowest BCUT2D eigenvalue weighted by molar-refractivity contribution is -0.132. The van der Waals surface area contributed by atoms with Crippen molar-refractivity contribution >= 4 is 18.3 Å². The van der Waals surface area contributed by atoms with Crippen LogP contribution in [0.4, 0.5) is 4.39 Å². The van der Waals surface area contributed by atoms with Crippen LogP contribution in [-0.4, -0.2) is 36.0 Å². The van der Waals surface area contributed by atoms with Crippen LogP contribution in [0.5, 0.6) is 0 Å². The van der Waals surface area contributed by atoms with Crippen molar-refractivity contribution in [3.8, 4) is 0 Å². The van der Waals surface area contributed by atoms with Crippen molar-refractivity contribution in [3.63, 3.8) is 0 Å². The zero-order valence-corrected chi connectivity index (χ0v) is 13.7. The second-order valence-corrected chi connectivity index (χ2v) is 6.38. The zero-order valence-electron chi connectivity index (χ0n) is 12.9. The van der Waals surface area contributed by atoms with Gasteiger partial charge in [-0.3, -0.25) is 4.79 Å². The Bertz CT molecular complexity index is 502. The molecule has 3 atom stereocenters. The van der Waals surface area contributed by atoms with E-state index in [1.165, 1.54) is 18.6 Å². The van der Waals surface area contributed by atoms with E-state index in [1.54, 1.807) is 0 Å². The highest BCUT2D eigenvalue weighted by Crippen LogP contribution is 2.32. The molecular formula is C17H24ClFN2O. The normalized spacial score (nSPS) is 27.7. The Hall–Kier alpha value is -1.13. The number of halogens is 2. The summed E-state index contributed by atoms with van der Waals surface area (Å²) >= 11 is 0. The first-order valence-corrected chi connectivity index (χ1v) is 7.92. The van der Waals surface area contributed by atoms with Crippen LogP contribution in [0.15, 0.2) is 24.3 Å². The Morgan fingerprint density at radius 2 is 2.09 bits per heavy atom. The SMILES string of the molecule is CC1CC(c2ccc(F)cc2)CN1C(=O)CC1CCCN1.Cl. The van der Waals surface area contributed by atoms with E-state index < -0.39 is 0 Å². The van der Waals surface area contributed by atoms with Crippen LogP contribution in [0, 0.1) is 5.82 Å². The summed E-state index contributed by atoms with van der Waals surface area (Å²) in [5.74, 6) is 0.387. The number of nitrogens with one attached hydrogen (secondary N) is 1. The van der Waals surface area contributed by atoms with Crippen molar-refractivity contribution in [2.24, 2.45) is 0 Å². The lowest BCUT2D eigenvalue weighted by Gasteiger charge is -2.23. The van der Waals surface area contributed by atoms with E-state index in [2.05, 4.69) is 12.2 Å². The van der Waals surface area contributed by atoms with Crippen LogP contribution >= 0.6 is 12.4 Å². The molecule has 0 aliphatic carbocycles. The molecule has 1 N–H and O–H groups in total. The fourth-order valence-electron chi connectivity index (χ4n) is 3.61. The maximum absolute atomic E-state index is 13.0. The van der Waals surface area contributed by atoms with Crippen LogP contribution in [0.25, 0.3) is 0 Å². The summed E-state index contributed by atoms with van der Waals surface area (Å²) in [5.41, 5.74) is 1.14. The topological polar surface area (TPSA) is 32.3 Å². The molecule has 2 aliphatic heterocycles. The average Bonchev–Trinajstić information content (AvgIpc) is 3.09. The molecule has 122 valence electrons. The molecular weight excluding hydrogens is 303 g/mol. The van der Waals surface area contributed by atoms with E-state index in [9.17, 15) is 9.18 Å². The number of nitrogens with zero attached hydrogens (tertiary/aromatic N) is 1. The number of hydrogen-bond acceptors (Lipinski definition) is 2. The minimum absolute atomic E-state index is 0. The number of hydrogen-bond donors (Lipinski definition) is 1. The molecule has 1 aromatic rings. The number of carbonyl (C=O) groups excluding carboxylic acids is 1. The molecule has 3 nitrogen and oxygen atoms in total. The Balaban J connectivity index is 0.00000176. The Morgan fingerprint density at radius 3 is 2.73 bits per heavy atom. The van der Waals surface area contributed by atoms with Gasteiger partial charge in [0.1, 0.15) is 5.82 Å². The van der Waals surface area contributed by atoms with Gasteiger partial charge >= 0.3 is 0 Å². The van der Waals surface area contributed by atoms with Crippen molar-refractivity contribution in [1.82, 2.24) is 10.2 Å². The summed E-state index contributed by atoms with van der Waals surface area (Å²) in [7, 11) is 0. The van der Waals surface area contributed by atoms with Crippen LogP contribution in [0.1, 0.15) is 44.1 Å². The molecule has 2 fully saturated rings. The van der Waals surface area contributed by atoms with Gasteiger partial charge in [0.15, 0.2) is 0 Å². The molecule has 0 radical (unpaired) electrons. The van der Waals surface area contributed by atoms with Crippen molar-refractivity contribution < 1.29 is 9.18 Å². The van der Waals surface area contributed by atoms with Crippen LogP contribution in [-0.2, 0) is 4.79 Å². The van der Waals surface area contributed by atoms with Gasteiger partial charge in [0.25, 0.3) is 0 Å². The molecule has 0 spiro atoms. The number of likely N-dealkylation sites (tertiary alicyclic amines) is 1. The molecule has 22 heavy (non-hydrogen) atoms. The Labute approximate surface area is 137 Å². The third-order valence-electron chi connectivity index (χ3n) is 4.82. The lowest BCUT2D eigenvalue weighted by Crippen LogP contribution is -2.37. The first kappa shape index (κ1) is 17.2. The quantitative estimate of drug-likeness (QED) is 0.925. The highest BCUT2D eigenvalue weighted by molar-refractivity contribution is 5.85. The molecule has 0 bridgehead atoms. The maximum Gasteiger partial charge on any atom is 0.224 e. The molecule has 3 rings (SSSR count). The Kier molecular flexibility index (Phi) is 5.81. The van der Waals surface area contributed by atoms with E-state index in [0.717, 1.165) is 31.5 Å². The van der Waals surface area contributed by atoms with E-state index in [0.29, 0.717) is 18.4 Å². The predicted molar refractivity (Wildman–Crippen MR) is 87.8 cm³/mol. The summed E-state index contributed by atoms with van der Waals surface area (Å²) in [6.45, 7) is 3.91. The smallest absolute Gasteiger partial charge is 0.224 e. The average molecular weight is 327 g/mol. The number of carbonyl (C=O) groups is 1. The van der Waals surface area contributed by atoms with E-state index in [-0.39, 0.29) is 30.2 Å². The fourth-order valence-corrected chi connectivity index (χ4v) is 3.61. The monoisotopic (exact) mass is 326 g/mol. The van der Waals surface area contributed by atoms with Crippen molar-refractivity contribution in [3.05, 3.63) is 35.6 Å². The minimum atomic E-state index is -0.204. The predicted octanol–water partition coefficient (Wildman–Crippen LogP) is 3.09. The molecule has 2 saturated heterocycles. The van der Waals surface area contributed by atoms with Gasteiger partial charge in [-0.05, 0) is 50.4 Å².